The van der Waals surface area contributed by atoms with Crippen LogP contribution >= 0.6 is 0 Å². The van der Waals surface area contributed by atoms with Crippen molar-refractivity contribution in [3.05, 3.63) is 0 Å². The van der Waals surface area contributed by atoms with Crippen LogP contribution in [0.3, 0.4) is 0 Å². The number of hydrogen-bond donors (Lipinski definition) is 1. The van der Waals surface area contributed by atoms with Gasteiger partial charge in [0.2, 0.25) is 14.9 Å². The maximum absolute atomic E-state index is 11.9. The second-order valence-corrected chi connectivity index (χ2v) is 8.91. The van der Waals surface area contributed by atoms with Crippen molar-refractivity contribution < 1.29 is 18.8 Å². The lowest BCUT2D eigenvalue weighted by molar-refractivity contribution is -0.155. The molecule has 1 heterocycles. The van der Waals surface area contributed by atoms with Crippen LogP contribution in [0.5, 0.6) is 0 Å². The van der Waals surface area contributed by atoms with E-state index in [1.54, 1.807) is 6.92 Å². The van der Waals surface area contributed by atoms with Gasteiger partial charge in [0.05, 0.1) is 12.7 Å². The Morgan fingerprint density at radius 3 is 2.52 bits per heavy atom. The fourth-order valence-corrected chi connectivity index (χ4v) is 3.81. The molecule has 1 amide bonds. The molecule has 3 atom stereocenters. The number of amides is 1. The van der Waals surface area contributed by atoms with Crippen molar-refractivity contribution in [3.8, 4) is 0 Å². The average Bonchev–Trinajstić information content (AvgIpc) is 2.35. The predicted molar refractivity (Wildman–Crippen MR) is 83.0 cm³/mol. The molecule has 1 saturated heterocycles. The van der Waals surface area contributed by atoms with Crippen LogP contribution in [0.2, 0.25) is 13.1 Å². The summed E-state index contributed by atoms with van der Waals surface area (Å²) in [6, 6.07) is 0. The van der Waals surface area contributed by atoms with Crippen molar-refractivity contribution in [2.24, 2.45) is 17.3 Å². The first-order chi connectivity index (χ1) is 9.66. The third-order valence-electron chi connectivity index (χ3n) is 3.61. The molecule has 0 aromatic heterocycles. The third-order valence-corrected chi connectivity index (χ3v) is 4.33. The van der Waals surface area contributed by atoms with E-state index in [1.165, 1.54) is 0 Å². The minimum absolute atomic E-state index is 0.0268. The molecule has 0 aliphatic carbocycles. The van der Waals surface area contributed by atoms with Gasteiger partial charge < -0.3 is 14.5 Å². The first-order valence-electron chi connectivity index (χ1n) is 7.58. The number of ether oxygens (including phenoxy) is 1. The molecule has 0 spiro atoms. The van der Waals surface area contributed by atoms with E-state index in [0.717, 1.165) is 0 Å². The van der Waals surface area contributed by atoms with Gasteiger partial charge in [0.1, 0.15) is 5.92 Å². The standard InChI is InChI=1S/C15H28NO4Si/c1-7-19-14(18)11-8-10(9-16-13(11)17)12(15(2,3)4)20-21(5)6/h10-12H,7-9H2,1-6H3,(H,16,17). The largest absolute Gasteiger partial charge is 0.465 e. The molecule has 1 aliphatic rings. The molecule has 0 aromatic carbocycles. The van der Waals surface area contributed by atoms with Crippen molar-refractivity contribution >= 4 is 20.9 Å². The van der Waals surface area contributed by atoms with E-state index in [-0.39, 0.29) is 23.3 Å². The maximum atomic E-state index is 11.9. The number of esters is 1. The highest BCUT2D eigenvalue weighted by atomic mass is 28.3. The summed E-state index contributed by atoms with van der Waals surface area (Å²) in [7, 11) is -0.854. The molecule has 0 aromatic rings. The molecule has 1 aliphatic heterocycles. The molecule has 1 N–H and O–H groups in total. The highest BCUT2D eigenvalue weighted by Gasteiger charge is 2.42. The third kappa shape index (κ3) is 5.11. The van der Waals surface area contributed by atoms with Crippen molar-refractivity contribution in [1.82, 2.24) is 5.32 Å². The van der Waals surface area contributed by atoms with E-state index in [1.807, 2.05) is 0 Å². The number of rotatable bonds is 5. The van der Waals surface area contributed by atoms with Crippen LogP contribution in [0.4, 0.5) is 0 Å². The summed E-state index contributed by atoms with van der Waals surface area (Å²) in [6.45, 7) is 13.2. The Morgan fingerprint density at radius 2 is 2.05 bits per heavy atom. The molecule has 21 heavy (non-hydrogen) atoms. The topological polar surface area (TPSA) is 64.6 Å². The second-order valence-electron chi connectivity index (χ2n) is 6.86. The smallest absolute Gasteiger partial charge is 0.318 e. The highest BCUT2D eigenvalue weighted by Crippen LogP contribution is 2.34. The van der Waals surface area contributed by atoms with Crippen LogP contribution in [0.1, 0.15) is 34.1 Å². The number of hydrogen-bond acceptors (Lipinski definition) is 4. The molecular weight excluding hydrogens is 286 g/mol. The fraction of sp³-hybridized carbons (Fsp3) is 0.867. The van der Waals surface area contributed by atoms with Gasteiger partial charge in [0, 0.05) is 12.5 Å². The van der Waals surface area contributed by atoms with E-state index < -0.39 is 20.9 Å². The lowest BCUT2D eigenvalue weighted by Gasteiger charge is -2.41. The zero-order valence-electron chi connectivity index (χ0n) is 14.0. The number of carbonyl (C=O) groups excluding carboxylic acids is 2. The normalized spacial score (nSPS) is 24.6. The van der Waals surface area contributed by atoms with Crippen molar-refractivity contribution in [2.45, 2.75) is 53.3 Å². The van der Waals surface area contributed by atoms with Gasteiger partial charge in [-0.25, -0.2) is 0 Å². The summed E-state index contributed by atoms with van der Waals surface area (Å²) in [5.74, 6) is -1.22. The van der Waals surface area contributed by atoms with Gasteiger partial charge in [0.25, 0.3) is 0 Å². The minimum Gasteiger partial charge on any atom is -0.465 e. The first kappa shape index (κ1) is 18.2. The van der Waals surface area contributed by atoms with E-state index in [0.29, 0.717) is 19.6 Å². The molecule has 121 valence electrons. The fourth-order valence-electron chi connectivity index (χ4n) is 2.76. The molecule has 5 nitrogen and oxygen atoms in total. The van der Waals surface area contributed by atoms with Crippen LogP contribution in [0, 0.1) is 17.3 Å². The van der Waals surface area contributed by atoms with E-state index in [2.05, 4.69) is 39.2 Å². The number of nitrogens with one attached hydrogen (secondary N) is 1. The van der Waals surface area contributed by atoms with Gasteiger partial charge in [0.15, 0.2) is 0 Å². The Bertz CT molecular complexity index is 378. The molecule has 1 rings (SSSR count). The van der Waals surface area contributed by atoms with Gasteiger partial charge >= 0.3 is 5.97 Å². The maximum Gasteiger partial charge on any atom is 0.318 e. The molecule has 0 saturated carbocycles. The number of carbonyl (C=O) groups is 2. The predicted octanol–water partition coefficient (Wildman–Crippen LogP) is 1.98. The first-order valence-corrected chi connectivity index (χ1v) is 9.98. The van der Waals surface area contributed by atoms with Crippen LogP contribution in [-0.2, 0) is 18.8 Å². The average molecular weight is 314 g/mol. The summed E-state index contributed by atoms with van der Waals surface area (Å²) >= 11 is 0. The lowest BCUT2D eigenvalue weighted by atomic mass is 9.76. The Labute approximate surface area is 129 Å². The van der Waals surface area contributed by atoms with Gasteiger partial charge in [-0.1, -0.05) is 20.8 Å². The van der Waals surface area contributed by atoms with Gasteiger partial charge in [-0.05, 0) is 31.9 Å². The lowest BCUT2D eigenvalue weighted by Crippen LogP contribution is -2.52. The van der Waals surface area contributed by atoms with Crippen molar-refractivity contribution in [1.29, 1.82) is 0 Å². The molecule has 6 heteroatoms. The molecule has 3 unspecified atom stereocenters. The van der Waals surface area contributed by atoms with Crippen LogP contribution < -0.4 is 5.32 Å². The van der Waals surface area contributed by atoms with Crippen molar-refractivity contribution in [3.63, 3.8) is 0 Å². The number of piperidine rings is 1. The molecule has 1 radical (unpaired) electrons. The summed E-state index contributed by atoms with van der Waals surface area (Å²) in [4.78, 5) is 23.8. The summed E-state index contributed by atoms with van der Waals surface area (Å²) in [5, 5.41) is 2.84. The summed E-state index contributed by atoms with van der Waals surface area (Å²) in [6.07, 6.45) is 0.529. The van der Waals surface area contributed by atoms with Crippen LogP contribution in [-0.4, -0.2) is 40.2 Å². The zero-order valence-corrected chi connectivity index (χ0v) is 15.0. The SMILES string of the molecule is CCOC(=O)C1CC(C(O[Si](C)C)C(C)(C)C)CNC1=O. The van der Waals surface area contributed by atoms with Crippen LogP contribution in [0.25, 0.3) is 0 Å². The summed E-state index contributed by atoms with van der Waals surface area (Å²) < 4.78 is 11.2. The van der Waals surface area contributed by atoms with E-state index >= 15 is 0 Å². The minimum atomic E-state index is -0.854. The van der Waals surface area contributed by atoms with Gasteiger partial charge in [-0.3, -0.25) is 9.59 Å². The molecule has 1 fully saturated rings. The Hall–Kier alpha value is -0.883. The zero-order chi connectivity index (χ0) is 16.2. The van der Waals surface area contributed by atoms with Crippen molar-refractivity contribution in [2.75, 3.05) is 13.2 Å². The highest BCUT2D eigenvalue weighted by molar-refractivity contribution is 6.48. The second kappa shape index (κ2) is 7.40. The monoisotopic (exact) mass is 314 g/mol. The Kier molecular flexibility index (Phi) is 6.40. The van der Waals surface area contributed by atoms with Gasteiger partial charge in [-0.2, -0.15) is 0 Å². The molecular formula is C15H28NO4Si. The van der Waals surface area contributed by atoms with E-state index in [9.17, 15) is 9.59 Å². The van der Waals surface area contributed by atoms with Crippen LogP contribution in [0.15, 0.2) is 0 Å². The summed E-state index contributed by atoms with van der Waals surface area (Å²) in [5.41, 5.74) is -0.0338. The Balaban J connectivity index is 2.85. The Morgan fingerprint density at radius 1 is 1.43 bits per heavy atom. The van der Waals surface area contributed by atoms with E-state index in [4.69, 9.17) is 9.16 Å². The quantitative estimate of drug-likeness (QED) is 0.479. The van der Waals surface area contributed by atoms with Gasteiger partial charge in [-0.15, -0.1) is 0 Å². The molecule has 0 bridgehead atoms.